The summed E-state index contributed by atoms with van der Waals surface area (Å²) in [6.07, 6.45) is 2.90. The largest absolute Gasteiger partial charge is 0.507 e. The monoisotopic (exact) mass is 204 g/mol. The number of aromatic nitrogens is 1. The Morgan fingerprint density at radius 1 is 1.40 bits per heavy atom. The molecule has 2 rings (SSSR count). The predicted molar refractivity (Wildman–Crippen MR) is 62.3 cm³/mol. The summed E-state index contributed by atoms with van der Waals surface area (Å²) in [7, 11) is 1.93. The van der Waals surface area contributed by atoms with Crippen molar-refractivity contribution in [2.24, 2.45) is 0 Å². The van der Waals surface area contributed by atoms with Crippen molar-refractivity contribution >= 4 is 10.9 Å². The van der Waals surface area contributed by atoms with Crippen LogP contribution in [0.5, 0.6) is 5.75 Å². The van der Waals surface area contributed by atoms with Gasteiger partial charge in [-0.25, -0.2) is 0 Å². The molecule has 80 valence electrons. The van der Waals surface area contributed by atoms with E-state index in [9.17, 15) is 5.11 Å². The Balaban J connectivity index is 2.53. The van der Waals surface area contributed by atoms with Crippen LogP contribution in [0.25, 0.3) is 10.9 Å². The molecular formula is C12H16N2O. The molecule has 0 spiro atoms. The van der Waals surface area contributed by atoms with Gasteiger partial charge in [0.2, 0.25) is 0 Å². The third-order valence-corrected chi connectivity index (χ3v) is 2.75. The first-order chi connectivity index (χ1) is 7.24. The van der Waals surface area contributed by atoms with E-state index in [4.69, 9.17) is 0 Å². The average molecular weight is 204 g/mol. The third kappa shape index (κ3) is 1.70. The number of likely N-dealkylation sites (N-methyl/N-ethyl adjacent to an activating group) is 1. The van der Waals surface area contributed by atoms with Gasteiger partial charge in [0.1, 0.15) is 5.75 Å². The van der Waals surface area contributed by atoms with Gasteiger partial charge in [0, 0.05) is 11.6 Å². The van der Waals surface area contributed by atoms with Crippen LogP contribution in [0.15, 0.2) is 18.3 Å². The highest BCUT2D eigenvalue weighted by molar-refractivity contribution is 5.91. The summed E-state index contributed by atoms with van der Waals surface area (Å²) >= 11 is 0. The van der Waals surface area contributed by atoms with Gasteiger partial charge in [0.15, 0.2) is 0 Å². The molecule has 0 bridgehead atoms. The van der Waals surface area contributed by atoms with Gasteiger partial charge in [-0.3, -0.25) is 0 Å². The first-order valence-corrected chi connectivity index (χ1v) is 5.17. The Labute approximate surface area is 89.1 Å². The Morgan fingerprint density at radius 2 is 2.20 bits per heavy atom. The van der Waals surface area contributed by atoms with E-state index in [1.807, 2.05) is 26.2 Å². The second-order valence-electron chi connectivity index (χ2n) is 3.82. The first kappa shape index (κ1) is 10.1. The molecule has 3 N–H and O–H groups in total. The van der Waals surface area contributed by atoms with Gasteiger partial charge < -0.3 is 15.4 Å². The molecule has 2 aromatic rings. The Hall–Kier alpha value is -1.48. The average Bonchev–Trinajstić information content (AvgIpc) is 2.65. The molecule has 0 aliphatic rings. The predicted octanol–water partition coefficient (Wildman–Crippen LogP) is 1.94. The molecule has 0 saturated carbocycles. The molecule has 0 fully saturated rings. The van der Waals surface area contributed by atoms with Crippen molar-refractivity contribution in [2.45, 2.75) is 13.3 Å². The van der Waals surface area contributed by atoms with Crippen molar-refractivity contribution in [3.63, 3.8) is 0 Å². The van der Waals surface area contributed by atoms with Gasteiger partial charge in [-0.15, -0.1) is 0 Å². The van der Waals surface area contributed by atoms with Gasteiger partial charge in [0.05, 0.1) is 5.52 Å². The number of fused-ring (bicyclic) bond motifs is 1. The highest BCUT2D eigenvalue weighted by atomic mass is 16.3. The molecular weight excluding hydrogens is 188 g/mol. The second kappa shape index (κ2) is 3.95. The minimum atomic E-state index is 0.364. The van der Waals surface area contributed by atoms with E-state index in [2.05, 4.69) is 10.3 Å². The number of phenolic OH excluding ortho intramolecular Hbond substituents is 1. The number of nitrogens with one attached hydrogen (secondary N) is 2. The number of benzene rings is 1. The summed E-state index contributed by atoms with van der Waals surface area (Å²) in [5.41, 5.74) is 3.38. The van der Waals surface area contributed by atoms with E-state index < -0.39 is 0 Å². The topological polar surface area (TPSA) is 48.0 Å². The highest BCUT2D eigenvalue weighted by Crippen LogP contribution is 2.30. The van der Waals surface area contributed by atoms with Gasteiger partial charge >= 0.3 is 0 Å². The quantitative estimate of drug-likeness (QED) is 0.715. The lowest BCUT2D eigenvalue weighted by atomic mass is 10.1. The zero-order valence-electron chi connectivity index (χ0n) is 9.09. The number of aryl methyl sites for hydroxylation is 1. The molecule has 0 saturated heterocycles. The third-order valence-electron chi connectivity index (χ3n) is 2.75. The van der Waals surface area contributed by atoms with Crippen LogP contribution in [0.2, 0.25) is 0 Å². The summed E-state index contributed by atoms with van der Waals surface area (Å²) in [6.45, 7) is 2.96. The van der Waals surface area contributed by atoms with E-state index in [-0.39, 0.29) is 0 Å². The Bertz CT molecular complexity index is 474. The van der Waals surface area contributed by atoms with Crippen LogP contribution in [0, 0.1) is 6.92 Å². The number of phenols is 1. The normalized spacial score (nSPS) is 11.1. The van der Waals surface area contributed by atoms with Gasteiger partial charge in [-0.2, -0.15) is 0 Å². The number of H-pyrrole nitrogens is 1. The number of hydrogen-bond donors (Lipinski definition) is 3. The van der Waals surface area contributed by atoms with Crippen LogP contribution in [-0.2, 0) is 6.42 Å². The highest BCUT2D eigenvalue weighted by Gasteiger charge is 2.09. The summed E-state index contributed by atoms with van der Waals surface area (Å²) in [5, 5.41) is 13.9. The summed E-state index contributed by atoms with van der Waals surface area (Å²) in [6, 6.07) is 3.68. The maximum atomic E-state index is 9.82. The fraction of sp³-hybridized carbons (Fsp3) is 0.333. The van der Waals surface area contributed by atoms with Crippen LogP contribution in [0.4, 0.5) is 0 Å². The lowest BCUT2D eigenvalue weighted by molar-refractivity contribution is 0.481. The standard InChI is InChI=1S/C12H16N2O/c1-8-3-4-10(15)11-9(5-6-13-2)7-14-12(8)11/h3-4,7,13-15H,5-6H2,1-2H3. The smallest absolute Gasteiger partial charge is 0.125 e. The maximum Gasteiger partial charge on any atom is 0.125 e. The molecule has 0 unspecified atom stereocenters. The van der Waals surface area contributed by atoms with Crippen molar-refractivity contribution in [2.75, 3.05) is 13.6 Å². The van der Waals surface area contributed by atoms with Crippen molar-refractivity contribution in [1.29, 1.82) is 0 Å². The molecule has 3 heteroatoms. The van der Waals surface area contributed by atoms with Crippen LogP contribution < -0.4 is 5.32 Å². The molecule has 1 aromatic carbocycles. The second-order valence-corrected chi connectivity index (χ2v) is 3.82. The fourth-order valence-electron chi connectivity index (χ4n) is 1.90. The van der Waals surface area contributed by atoms with Crippen molar-refractivity contribution in [3.05, 3.63) is 29.5 Å². The van der Waals surface area contributed by atoms with E-state index in [1.54, 1.807) is 6.07 Å². The van der Waals surface area contributed by atoms with Gasteiger partial charge in [-0.05, 0) is 44.1 Å². The minimum absolute atomic E-state index is 0.364. The molecule has 1 aromatic heterocycles. The van der Waals surface area contributed by atoms with Crippen molar-refractivity contribution in [3.8, 4) is 5.75 Å². The molecule has 3 nitrogen and oxygen atoms in total. The Morgan fingerprint density at radius 3 is 2.93 bits per heavy atom. The molecule has 0 amide bonds. The lowest BCUT2D eigenvalue weighted by Crippen LogP contribution is -2.09. The van der Waals surface area contributed by atoms with Crippen LogP contribution in [-0.4, -0.2) is 23.7 Å². The SMILES string of the molecule is CNCCc1c[nH]c2c(C)ccc(O)c12. The molecule has 0 atom stereocenters. The van der Waals surface area contributed by atoms with Crippen LogP contribution >= 0.6 is 0 Å². The molecule has 0 aliphatic carbocycles. The number of hydrogen-bond acceptors (Lipinski definition) is 2. The van der Waals surface area contributed by atoms with Crippen molar-refractivity contribution in [1.82, 2.24) is 10.3 Å². The summed E-state index contributed by atoms with van der Waals surface area (Å²) in [5.74, 6) is 0.364. The molecule has 0 aliphatic heterocycles. The van der Waals surface area contributed by atoms with Gasteiger partial charge in [0.25, 0.3) is 0 Å². The maximum absolute atomic E-state index is 9.82. The first-order valence-electron chi connectivity index (χ1n) is 5.17. The van der Waals surface area contributed by atoms with E-state index in [0.717, 1.165) is 23.9 Å². The van der Waals surface area contributed by atoms with Crippen LogP contribution in [0.1, 0.15) is 11.1 Å². The van der Waals surface area contributed by atoms with Gasteiger partial charge in [-0.1, -0.05) is 6.07 Å². The number of aromatic amines is 1. The Kier molecular flexibility index (Phi) is 2.64. The zero-order valence-corrected chi connectivity index (χ0v) is 9.09. The summed E-state index contributed by atoms with van der Waals surface area (Å²) < 4.78 is 0. The minimum Gasteiger partial charge on any atom is -0.507 e. The molecule has 1 heterocycles. The molecule has 15 heavy (non-hydrogen) atoms. The van der Waals surface area contributed by atoms with E-state index in [0.29, 0.717) is 5.75 Å². The molecule has 0 radical (unpaired) electrons. The number of aromatic hydroxyl groups is 1. The zero-order chi connectivity index (χ0) is 10.8. The fourth-order valence-corrected chi connectivity index (χ4v) is 1.90. The van der Waals surface area contributed by atoms with E-state index in [1.165, 1.54) is 11.1 Å². The van der Waals surface area contributed by atoms with Crippen LogP contribution in [0.3, 0.4) is 0 Å². The lowest BCUT2D eigenvalue weighted by Gasteiger charge is -2.02. The van der Waals surface area contributed by atoms with E-state index >= 15 is 0 Å². The summed E-state index contributed by atoms with van der Waals surface area (Å²) in [4.78, 5) is 3.22. The number of rotatable bonds is 3. The van der Waals surface area contributed by atoms with Crippen molar-refractivity contribution < 1.29 is 5.11 Å².